The summed E-state index contributed by atoms with van der Waals surface area (Å²) in [7, 11) is 0. The zero-order chi connectivity index (χ0) is 23.3. The highest BCUT2D eigenvalue weighted by molar-refractivity contribution is 7.80. The number of carbonyl (C=O) groups excluding carboxylic acids is 1. The molecule has 3 N–H and O–H groups in total. The normalized spacial score (nSPS) is 14.5. The van der Waals surface area contributed by atoms with Crippen LogP contribution in [0, 0.1) is 10.1 Å². The molecule has 0 unspecified atom stereocenters. The van der Waals surface area contributed by atoms with Crippen molar-refractivity contribution in [3.05, 3.63) is 57.6 Å². The fourth-order valence-corrected chi connectivity index (χ4v) is 3.62. The van der Waals surface area contributed by atoms with Gasteiger partial charge < -0.3 is 20.1 Å². The fraction of sp³-hybridized carbons (Fsp3) is 0.364. The van der Waals surface area contributed by atoms with Gasteiger partial charge in [0.25, 0.3) is 11.6 Å². The van der Waals surface area contributed by atoms with Gasteiger partial charge in [0.1, 0.15) is 5.75 Å². The Kier molecular flexibility index (Phi) is 7.60. The van der Waals surface area contributed by atoms with Crippen molar-refractivity contribution >= 4 is 40.3 Å². The molecule has 0 aromatic heterocycles. The van der Waals surface area contributed by atoms with Crippen LogP contribution < -0.4 is 15.5 Å². The molecule has 1 aliphatic heterocycles. The Morgan fingerprint density at radius 3 is 2.66 bits per heavy atom. The number of nitro benzene ring substituents is 1. The molecular weight excluding hydrogens is 432 g/mol. The van der Waals surface area contributed by atoms with Crippen LogP contribution in [0.1, 0.15) is 42.1 Å². The first-order valence-electron chi connectivity index (χ1n) is 10.4. The average molecular weight is 459 g/mol. The van der Waals surface area contributed by atoms with Crippen molar-refractivity contribution in [1.29, 1.82) is 0 Å². The van der Waals surface area contributed by atoms with Gasteiger partial charge in [0.05, 0.1) is 35.1 Å². The Hall–Kier alpha value is -3.24. The van der Waals surface area contributed by atoms with E-state index in [0.29, 0.717) is 43.6 Å². The van der Waals surface area contributed by atoms with Crippen LogP contribution in [0.4, 0.5) is 17.1 Å². The van der Waals surface area contributed by atoms with Gasteiger partial charge in [-0.2, -0.15) is 0 Å². The highest BCUT2D eigenvalue weighted by atomic mass is 32.1. The number of phenols is 1. The minimum atomic E-state index is -0.578. The minimum Gasteiger partial charge on any atom is -0.506 e. The van der Waals surface area contributed by atoms with Crippen LogP contribution in [0.5, 0.6) is 5.75 Å². The van der Waals surface area contributed by atoms with Crippen LogP contribution in [-0.4, -0.2) is 47.4 Å². The molecule has 170 valence electrons. The number of rotatable bonds is 6. The van der Waals surface area contributed by atoms with Gasteiger partial charge in [-0.1, -0.05) is 19.9 Å². The lowest BCUT2D eigenvalue weighted by atomic mass is 9.98. The maximum Gasteiger partial charge on any atom is 0.270 e. The second kappa shape index (κ2) is 10.4. The number of nitrogens with one attached hydrogen (secondary N) is 2. The summed E-state index contributed by atoms with van der Waals surface area (Å²) >= 11 is 5.27. The van der Waals surface area contributed by atoms with Crippen molar-refractivity contribution in [1.82, 2.24) is 5.32 Å². The number of ether oxygens (including phenoxy) is 1. The first-order chi connectivity index (χ1) is 15.3. The van der Waals surface area contributed by atoms with E-state index in [-0.39, 0.29) is 22.1 Å². The molecule has 0 spiro atoms. The molecule has 2 aromatic rings. The van der Waals surface area contributed by atoms with Crippen LogP contribution in [-0.2, 0) is 4.74 Å². The number of carbonyl (C=O) groups is 1. The molecule has 1 heterocycles. The maximum atomic E-state index is 13.0. The maximum absolute atomic E-state index is 13.0. The number of morpholine rings is 1. The number of nitro groups is 1. The van der Waals surface area contributed by atoms with Gasteiger partial charge in [0.2, 0.25) is 0 Å². The molecule has 10 heteroatoms. The number of nitrogens with zero attached hydrogens (tertiary/aromatic N) is 2. The fourth-order valence-electron chi connectivity index (χ4n) is 3.42. The van der Waals surface area contributed by atoms with Crippen LogP contribution in [0.25, 0.3) is 0 Å². The lowest BCUT2D eigenvalue weighted by Crippen LogP contribution is -2.39. The molecule has 0 saturated carbocycles. The molecule has 0 aliphatic carbocycles. The number of anilines is 2. The smallest absolute Gasteiger partial charge is 0.270 e. The molecule has 0 bridgehead atoms. The van der Waals surface area contributed by atoms with Crippen LogP contribution >= 0.6 is 12.2 Å². The summed E-state index contributed by atoms with van der Waals surface area (Å²) in [5.41, 5.74) is 1.92. The Labute approximate surface area is 191 Å². The van der Waals surface area contributed by atoms with Gasteiger partial charge >= 0.3 is 0 Å². The number of aromatic hydroxyl groups is 1. The largest absolute Gasteiger partial charge is 0.506 e. The van der Waals surface area contributed by atoms with Crippen molar-refractivity contribution in [3.8, 4) is 5.75 Å². The number of benzene rings is 2. The summed E-state index contributed by atoms with van der Waals surface area (Å²) in [4.78, 5) is 25.7. The van der Waals surface area contributed by atoms with E-state index < -0.39 is 10.8 Å². The predicted octanol–water partition coefficient (Wildman–Crippen LogP) is 3.78. The second-order valence-corrected chi connectivity index (χ2v) is 7.96. The molecule has 1 atom stereocenters. The molecule has 1 aliphatic rings. The SMILES string of the molecule is CC[C@@H](C)c1ccc(O)c(NC(=S)NC(=O)c2cc([N+](=O)[O-])ccc2N2CCOCC2)c1. The summed E-state index contributed by atoms with van der Waals surface area (Å²) in [6.07, 6.45) is 0.933. The molecule has 32 heavy (non-hydrogen) atoms. The number of hydrogen-bond donors (Lipinski definition) is 3. The van der Waals surface area contributed by atoms with Gasteiger partial charge in [0.15, 0.2) is 5.11 Å². The third-order valence-electron chi connectivity index (χ3n) is 5.46. The number of hydrogen-bond acceptors (Lipinski definition) is 7. The predicted molar refractivity (Wildman–Crippen MR) is 127 cm³/mol. The van der Waals surface area contributed by atoms with Gasteiger partial charge in [-0.05, 0) is 48.3 Å². The molecule has 0 radical (unpaired) electrons. The third kappa shape index (κ3) is 5.51. The van der Waals surface area contributed by atoms with Crippen molar-refractivity contribution < 1.29 is 19.6 Å². The monoisotopic (exact) mass is 458 g/mol. The first kappa shape index (κ1) is 23.4. The van der Waals surface area contributed by atoms with Crippen LogP contribution in [0.2, 0.25) is 0 Å². The Morgan fingerprint density at radius 1 is 1.28 bits per heavy atom. The number of thiocarbonyl (C=S) groups is 1. The molecule has 3 rings (SSSR count). The van der Waals surface area contributed by atoms with Crippen molar-refractivity contribution in [2.75, 3.05) is 36.5 Å². The highest BCUT2D eigenvalue weighted by Crippen LogP contribution is 2.29. The third-order valence-corrected chi connectivity index (χ3v) is 5.67. The molecule has 1 fully saturated rings. The summed E-state index contributed by atoms with van der Waals surface area (Å²) < 4.78 is 5.36. The quantitative estimate of drug-likeness (QED) is 0.259. The number of non-ortho nitro benzene ring substituents is 1. The van der Waals surface area contributed by atoms with Crippen molar-refractivity contribution in [2.45, 2.75) is 26.2 Å². The van der Waals surface area contributed by atoms with Gasteiger partial charge in [0, 0.05) is 25.2 Å². The van der Waals surface area contributed by atoms with Gasteiger partial charge in [-0.25, -0.2) is 0 Å². The zero-order valence-corrected chi connectivity index (χ0v) is 18.8. The molecule has 2 aromatic carbocycles. The number of amides is 1. The van der Waals surface area contributed by atoms with E-state index in [9.17, 15) is 20.0 Å². The lowest BCUT2D eigenvalue weighted by Gasteiger charge is -2.30. The van der Waals surface area contributed by atoms with E-state index in [0.717, 1.165) is 12.0 Å². The van der Waals surface area contributed by atoms with E-state index in [1.807, 2.05) is 11.0 Å². The van der Waals surface area contributed by atoms with E-state index in [1.54, 1.807) is 18.2 Å². The Bertz CT molecular complexity index is 1020. The van der Waals surface area contributed by atoms with E-state index in [2.05, 4.69) is 24.5 Å². The van der Waals surface area contributed by atoms with Crippen molar-refractivity contribution in [2.24, 2.45) is 0 Å². The van der Waals surface area contributed by atoms with Gasteiger partial charge in [-0.15, -0.1) is 0 Å². The van der Waals surface area contributed by atoms with E-state index in [1.165, 1.54) is 12.1 Å². The number of phenolic OH excluding ortho intramolecular Hbond substituents is 1. The topological polar surface area (TPSA) is 117 Å². The zero-order valence-electron chi connectivity index (χ0n) is 18.0. The standard InChI is InChI=1S/C22H26N4O5S/c1-3-14(2)15-4-7-20(27)18(12-15)23-22(32)24-21(28)17-13-16(26(29)30)5-6-19(17)25-8-10-31-11-9-25/h4-7,12-14,27H,3,8-11H2,1-2H3,(H2,23,24,28,32)/t14-/m1/s1. The molecular formula is C22H26N4O5S. The minimum absolute atomic E-state index is 0.00185. The molecule has 9 nitrogen and oxygen atoms in total. The van der Waals surface area contributed by atoms with Gasteiger partial charge in [-0.3, -0.25) is 20.2 Å². The van der Waals surface area contributed by atoms with E-state index >= 15 is 0 Å². The van der Waals surface area contributed by atoms with E-state index in [4.69, 9.17) is 17.0 Å². The molecule has 1 amide bonds. The van der Waals surface area contributed by atoms with Crippen LogP contribution in [0.15, 0.2) is 36.4 Å². The Balaban J connectivity index is 1.81. The average Bonchev–Trinajstić information content (AvgIpc) is 2.80. The lowest BCUT2D eigenvalue weighted by molar-refractivity contribution is -0.384. The van der Waals surface area contributed by atoms with Crippen LogP contribution in [0.3, 0.4) is 0 Å². The highest BCUT2D eigenvalue weighted by Gasteiger charge is 2.23. The second-order valence-electron chi connectivity index (χ2n) is 7.55. The molecule has 1 saturated heterocycles. The summed E-state index contributed by atoms with van der Waals surface area (Å²) in [6, 6.07) is 9.38. The summed E-state index contributed by atoms with van der Waals surface area (Å²) in [6.45, 7) is 6.29. The summed E-state index contributed by atoms with van der Waals surface area (Å²) in [5.74, 6) is -0.288. The first-order valence-corrected chi connectivity index (χ1v) is 10.8. The van der Waals surface area contributed by atoms with Crippen molar-refractivity contribution in [3.63, 3.8) is 0 Å². The Morgan fingerprint density at radius 2 is 2.00 bits per heavy atom. The summed E-state index contributed by atoms with van der Waals surface area (Å²) in [5, 5.41) is 26.8.